The van der Waals surface area contributed by atoms with Gasteiger partial charge in [-0.05, 0) is 42.1 Å². The molecule has 2 aliphatic rings. The van der Waals surface area contributed by atoms with E-state index < -0.39 is 17.1 Å². The van der Waals surface area contributed by atoms with Gasteiger partial charge in [0.1, 0.15) is 19.8 Å². The average Bonchev–Trinajstić information content (AvgIpc) is 2.96. The van der Waals surface area contributed by atoms with Crippen LogP contribution in [-0.2, 0) is 9.59 Å². The maximum Gasteiger partial charge on any atom is 0.294 e. The number of thioether (sulfide) groups is 1. The third-order valence-electron chi connectivity index (χ3n) is 3.97. The maximum atomic E-state index is 12.5. The lowest BCUT2D eigenvalue weighted by Gasteiger charge is -2.19. The number of nitrogens with zero attached hydrogens (tertiary/aromatic N) is 2. The van der Waals surface area contributed by atoms with E-state index in [1.807, 2.05) is 0 Å². The quantitative estimate of drug-likeness (QED) is 0.792. The Morgan fingerprint density at radius 2 is 2.00 bits per heavy atom. The molecule has 0 saturated carbocycles. The van der Waals surface area contributed by atoms with Crippen LogP contribution in [0.3, 0.4) is 0 Å². The predicted molar refractivity (Wildman–Crippen MR) is 103 cm³/mol. The molecule has 3 heterocycles. The van der Waals surface area contributed by atoms with E-state index in [1.165, 1.54) is 6.08 Å². The number of hydrogen-bond donors (Lipinski definition) is 1. The average molecular weight is 397 g/mol. The van der Waals surface area contributed by atoms with E-state index in [0.717, 1.165) is 16.7 Å². The van der Waals surface area contributed by atoms with Crippen molar-refractivity contribution in [3.05, 3.63) is 53.2 Å². The molecule has 0 radical (unpaired) electrons. The Morgan fingerprint density at radius 1 is 1.18 bits per heavy atom. The molecule has 0 spiro atoms. The van der Waals surface area contributed by atoms with Gasteiger partial charge in [-0.1, -0.05) is 6.07 Å². The van der Waals surface area contributed by atoms with E-state index in [1.54, 1.807) is 42.6 Å². The summed E-state index contributed by atoms with van der Waals surface area (Å²) < 4.78 is 10.9. The molecule has 2 aliphatic heterocycles. The standard InChI is InChI=1S/C19H15N3O5S/c23-17(21-13-4-5-14-15(9-13)27-8-7-26-14)11-22-18(24)16(28-19(22)25)10-12-3-1-2-6-20-12/h1-6,9-10H,7-8,11H2,(H,21,23)/b16-10-. The molecule has 1 aromatic carbocycles. The summed E-state index contributed by atoms with van der Waals surface area (Å²) in [5.41, 5.74) is 1.05. The van der Waals surface area contributed by atoms with Gasteiger partial charge < -0.3 is 14.8 Å². The highest BCUT2D eigenvalue weighted by atomic mass is 32.2. The van der Waals surface area contributed by atoms with Crippen LogP contribution in [0.5, 0.6) is 11.5 Å². The second kappa shape index (κ2) is 7.73. The molecule has 0 atom stereocenters. The second-order valence-electron chi connectivity index (χ2n) is 5.93. The van der Waals surface area contributed by atoms with E-state index >= 15 is 0 Å². The Balaban J connectivity index is 1.42. The summed E-state index contributed by atoms with van der Waals surface area (Å²) in [7, 11) is 0. The highest BCUT2D eigenvalue weighted by Crippen LogP contribution is 2.33. The van der Waals surface area contributed by atoms with Gasteiger partial charge in [0, 0.05) is 18.0 Å². The van der Waals surface area contributed by atoms with Crippen molar-refractivity contribution in [1.29, 1.82) is 0 Å². The molecule has 0 unspecified atom stereocenters. The summed E-state index contributed by atoms with van der Waals surface area (Å²) in [6.45, 7) is 0.534. The van der Waals surface area contributed by atoms with E-state index in [-0.39, 0.29) is 11.4 Å². The second-order valence-corrected chi connectivity index (χ2v) is 6.92. The summed E-state index contributed by atoms with van der Waals surface area (Å²) >= 11 is 0.786. The van der Waals surface area contributed by atoms with Crippen molar-refractivity contribution in [3.8, 4) is 11.5 Å². The Kier molecular flexibility index (Phi) is 4.98. The van der Waals surface area contributed by atoms with Crippen LogP contribution < -0.4 is 14.8 Å². The van der Waals surface area contributed by atoms with Crippen LogP contribution in [0.1, 0.15) is 5.69 Å². The highest BCUT2D eigenvalue weighted by molar-refractivity contribution is 8.18. The first kappa shape index (κ1) is 18.1. The molecule has 1 aromatic heterocycles. The zero-order valence-electron chi connectivity index (χ0n) is 14.6. The number of hydrogen-bond acceptors (Lipinski definition) is 7. The largest absolute Gasteiger partial charge is 0.486 e. The number of pyridine rings is 1. The first-order valence-electron chi connectivity index (χ1n) is 8.46. The fourth-order valence-corrected chi connectivity index (χ4v) is 3.52. The Labute approximate surface area is 164 Å². The normalized spacial score (nSPS) is 17.1. The summed E-state index contributed by atoms with van der Waals surface area (Å²) in [5, 5.41) is 2.17. The smallest absolute Gasteiger partial charge is 0.294 e. The van der Waals surface area contributed by atoms with Gasteiger partial charge in [-0.25, -0.2) is 0 Å². The van der Waals surface area contributed by atoms with Gasteiger partial charge in [-0.3, -0.25) is 24.3 Å². The van der Waals surface area contributed by atoms with E-state index in [4.69, 9.17) is 9.47 Å². The number of anilines is 1. The fourth-order valence-electron chi connectivity index (χ4n) is 2.70. The number of imide groups is 1. The van der Waals surface area contributed by atoms with Gasteiger partial charge in [0.05, 0.1) is 10.6 Å². The molecular weight excluding hydrogens is 382 g/mol. The van der Waals surface area contributed by atoms with E-state index in [0.29, 0.717) is 36.1 Å². The lowest BCUT2D eigenvalue weighted by atomic mass is 10.2. The first-order valence-corrected chi connectivity index (χ1v) is 9.28. The van der Waals surface area contributed by atoms with E-state index in [2.05, 4.69) is 10.3 Å². The fraction of sp³-hybridized carbons (Fsp3) is 0.158. The number of carbonyl (C=O) groups is 3. The van der Waals surface area contributed by atoms with Gasteiger partial charge in [-0.15, -0.1) is 0 Å². The Morgan fingerprint density at radius 3 is 2.79 bits per heavy atom. The third-order valence-corrected chi connectivity index (χ3v) is 4.88. The summed E-state index contributed by atoms with van der Waals surface area (Å²) in [4.78, 5) is 42.2. The first-order chi connectivity index (χ1) is 13.6. The van der Waals surface area contributed by atoms with Crippen LogP contribution in [0.25, 0.3) is 6.08 Å². The zero-order valence-corrected chi connectivity index (χ0v) is 15.4. The minimum atomic E-state index is -0.516. The minimum absolute atomic E-state index is 0.232. The highest BCUT2D eigenvalue weighted by Gasteiger charge is 2.36. The Bertz CT molecular complexity index is 977. The molecule has 1 saturated heterocycles. The number of carbonyl (C=O) groups excluding carboxylic acids is 3. The molecule has 142 valence electrons. The van der Waals surface area contributed by atoms with Gasteiger partial charge in [0.2, 0.25) is 5.91 Å². The van der Waals surface area contributed by atoms with Crippen molar-refractivity contribution in [2.45, 2.75) is 0 Å². The summed E-state index contributed by atoms with van der Waals surface area (Å²) in [6.07, 6.45) is 3.13. The third kappa shape index (κ3) is 3.84. The number of nitrogens with one attached hydrogen (secondary N) is 1. The molecule has 8 nitrogen and oxygen atoms in total. The van der Waals surface area contributed by atoms with Crippen molar-refractivity contribution in [1.82, 2.24) is 9.88 Å². The van der Waals surface area contributed by atoms with Crippen molar-refractivity contribution < 1.29 is 23.9 Å². The molecular formula is C19H15N3O5S. The molecule has 9 heteroatoms. The number of aromatic nitrogens is 1. The summed E-state index contributed by atoms with van der Waals surface area (Å²) in [6, 6.07) is 10.3. The SMILES string of the molecule is O=C(CN1C(=O)S/C(=C\c2ccccn2)C1=O)Nc1ccc2c(c1)OCCO2. The van der Waals surface area contributed by atoms with Gasteiger partial charge in [0.25, 0.3) is 11.1 Å². The van der Waals surface area contributed by atoms with Crippen LogP contribution in [0.2, 0.25) is 0 Å². The number of fused-ring (bicyclic) bond motifs is 1. The molecule has 4 rings (SSSR count). The topological polar surface area (TPSA) is 97.8 Å². The number of ether oxygens (including phenoxy) is 2. The van der Waals surface area contributed by atoms with Crippen molar-refractivity contribution in [3.63, 3.8) is 0 Å². The van der Waals surface area contributed by atoms with Crippen LogP contribution >= 0.6 is 11.8 Å². The lowest BCUT2D eigenvalue weighted by Crippen LogP contribution is -2.36. The van der Waals surface area contributed by atoms with Crippen molar-refractivity contribution in [2.75, 3.05) is 25.1 Å². The summed E-state index contributed by atoms with van der Waals surface area (Å²) in [5.74, 6) is 0.138. The molecule has 28 heavy (non-hydrogen) atoms. The molecule has 2 aromatic rings. The number of amides is 3. The van der Waals surface area contributed by atoms with Crippen LogP contribution in [0, 0.1) is 0 Å². The number of rotatable bonds is 4. The Hall–Kier alpha value is -3.33. The van der Waals surface area contributed by atoms with Gasteiger partial charge in [-0.2, -0.15) is 0 Å². The predicted octanol–water partition coefficient (Wildman–Crippen LogP) is 2.53. The van der Waals surface area contributed by atoms with Crippen LogP contribution in [0.4, 0.5) is 10.5 Å². The maximum absolute atomic E-state index is 12.5. The van der Waals surface area contributed by atoms with E-state index in [9.17, 15) is 14.4 Å². The lowest BCUT2D eigenvalue weighted by molar-refractivity contribution is -0.127. The molecule has 0 bridgehead atoms. The molecule has 1 N–H and O–H groups in total. The van der Waals surface area contributed by atoms with Crippen molar-refractivity contribution in [2.24, 2.45) is 0 Å². The monoisotopic (exact) mass is 397 g/mol. The van der Waals surface area contributed by atoms with Gasteiger partial charge >= 0.3 is 0 Å². The molecule has 1 fully saturated rings. The molecule has 0 aliphatic carbocycles. The minimum Gasteiger partial charge on any atom is -0.486 e. The van der Waals surface area contributed by atoms with Crippen molar-refractivity contribution >= 4 is 40.6 Å². The zero-order chi connectivity index (χ0) is 19.5. The van der Waals surface area contributed by atoms with Gasteiger partial charge in [0.15, 0.2) is 11.5 Å². The van der Waals surface area contributed by atoms with Crippen LogP contribution in [0.15, 0.2) is 47.5 Å². The van der Waals surface area contributed by atoms with Crippen LogP contribution in [-0.4, -0.2) is 46.7 Å². The number of benzene rings is 1. The molecule has 3 amide bonds.